The number of hydrogen-bond acceptors (Lipinski definition) is 6. The van der Waals surface area contributed by atoms with Crippen molar-refractivity contribution >= 4 is 23.6 Å². The molecule has 0 spiro atoms. The van der Waals surface area contributed by atoms with Crippen molar-refractivity contribution in [2.75, 3.05) is 19.8 Å². The summed E-state index contributed by atoms with van der Waals surface area (Å²) in [6.45, 7) is 2.34. The van der Waals surface area contributed by atoms with E-state index in [0.29, 0.717) is 36.7 Å². The lowest BCUT2D eigenvalue weighted by Crippen LogP contribution is -2.46. The van der Waals surface area contributed by atoms with Crippen molar-refractivity contribution in [2.24, 2.45) is 5.92 Å². The molecule has 148 valence electrons. The first-order valence-electron chi connectivity index (χ1n) is 9.59. The van der Waals surface area contributed by atoms with Crippen molar-refractivity contribution < 1.29 is 28.7 Å². The minimum atomic E-state index is -0.936. The molecule has 1 aromatic rings. The summed E-state index contributed by atoms with van der Waals surface area (Å²) in [5, 5.41) is 0. The average Bonchev–Trinajstić information content (AvgIpc) is 2.91. The third-order valence-electron chi connectivity index (χ3n) is 5.65. The van der Waals surface area contributed by atoms with Crippen LogP contribution in [0.4, 0.5) is 4.79 Å². The smallest absolute Gasteiger partial charge is 0.334 e. The molecule has 2 heterocycles. The van der Waals surface area contributed by atoms with E-state index in [1.807, 2.05) is 6.92 Å². The normalized spacial score (nSPS) is 24.7. The van der Waals surface area contributed by atoms with Crippen LogP contribution in [0, 0.1) is 5.92 Å². The molecule has 2 atom stereocenters. The van der Waals surface area contributed by atoms with E-state index in [2.05, 4.69) is 0 Å². The van der Waals surface area contributed by atoms with E-state index >= 15 is 0 Å². The molecule has 8 nitrogen and oxygen atoms in total. The summed E-state index contributed by atoms with van der Waals surface area (Å²) in [6.07, 6.45) is 3.56. The maximum absolute atomic E-state index is 12.8. The molecule has 0 N–H and O–H groups in total. The largest absolute Gasteiger partial charge is 0.486 e. The van der Waals surface area contributed by atoms with Gasteiger partial charge in [0.1, 0.15) is 13.2 Å². The molecule has 0 aromatic heterocycles. The number of carbonyl (C=O) groups excluding carboxylic acids is 4. The molecular weight excluding hydrogens is 364 g/mol. The van der Waals surface area contributed by atoms with Gasteiger partial charge in [-0.3, -0.25) is 19.3 Å². The lowest BCUT2D eigenvalue weighted by atomic mass is 9.85. The summed E-state index contributed by atoms with van der Waals surface area (Å²) in [5.41, 5.74) is 0.293. The van der Waals surface area contributed by atoms with E-state index in [1.54, 1.807) is 12.1 Å². The van der Waals surface area contributed by atoms with Crippen molar-refractivity contribution in [3.63, 3.8) is 0 Å². The van der Waals surface area contributed by atoms with Crippen LogP contribution in [0.3, 0.4) is 0 Å². The fourth-order valence-corrected chi connectivity index (χ4v) is 4.09. The van der Waals surface area contributed by atoms with Gasteiger partial charge in [0, 0.05) is 11.6 Å². The highest BCUT2D eigenvalue weighted by Crippen LogP contribution is 2.32. The SMILES string of the molecule is C[C@H]1CCCC[C@@H]1N1C(=O)C(=O)N(CC(=O)c2ccc3c(c2)OCCO3)C1=O. The molecule has 1 saturated heterocycles. The molecule has 2 aliphatic heterocycles. The van der Waals surface area contributed by atoms with Gasteiger partial charge in [-0.05, 0) is 37.0 Å². The quantitative estimate of drug-likeness (QED) is 0.446. The first-order valence-corrected chi connectivity index (χ1v) is 9.59. The molecule has 8 heteroatoms. The Morgan fingerprint density at radius 2 is 1.75 bits per heavy atom. The Morgan fingerprint density at radius 3 is 2.50 bits per heavy atom. The van der Waals surface area contributed by atoms with Gasteiger partial charge in [0.25, 0.3) is 0 Å². The lowest BCUT2D eigenvalue weighted by molar-refractivity contribution is -0.144. The van der Waals surface area contributed by atoms with E-state index in [9.17, 15) is 19.2 Å². The highest BCUT2D eigenvalue weighted by atomic mass is 16.6. The number of carbonyl (C=O) groups is 4. The van der Waals surface area contributed by atoms with Gasteiger partial charge in [-0.1, -0.05) is 19.8 Å². The number of nitrogens with zero attached hydrogens (tertiary/aromatic N) is 2. The van der Waals surface area contributed by atoms with E-state index in [1.165, 1.54) is 6.07 Å². The highest BCUT2D eigenvalue weighted by Gasteiger charge is 2.49. The molecule has 4 amide bonds. The predicted molar refractivity (Wildman–Crippen MR) is 97.1 cm³/mol. The van der Waals surface area contributed by atoms with Gasteiger partial charge < -0.3 is 9.47 Å². The summed E-state index contributed by atoms with van der Waals surface area (Å²) in [6, 6.07) is 3.73. The zero-order valence-electron chi connectivity index (χ0n) is 15.7. The van der Waals surface area contributed by atoms with Gasteiger partial charge >= 0.3 is 17.8 Å². The summed E-state index contributed by atoms with van der Waals surface area (Å²) in [5.74, 6) is -1.08. The third kappa shape index (κ3) is 3.12. The minimum absolute atomic E-state index is 0.142. The summed E-state index contributed by atoms with van der Waals surface area (Å²) >= 11 is 0. The zero-order chi connectivity index (χ0) is 19.8. The van der Waals surface area contributed by atoms with Crippen molar-refractivity contribution in [2.45, 2.75) is 38.6 Å². The van der Waals surface area contributed by atoms with Crippen molar-refractivity contribution in [1.29, 1.82) is 0 Å². The van der Waals surface area contributed by atoms with Crippen LogP contribution in [-0.2, 0) is 9.59 Å². The number of fused-ring (bicyclic) bond motifs is 1. The molecule has 2 fully saturated rings. The van der Waals surface area contributed by atoms with Crippen LogP contribution in [0.2, 0.25) is 0 Å². The van der Waals surface area contributed by atoms with E-state index in [-0.39, 0.29) is 12.0 Å². The Morgan fingerprint density at radius 1 is 1.04 bits per heavy atom. The maximum atomic E-state index is 12.8. The lowest BCUT2D eigenvalue weighted by Gasteiger charge is -2.34. The van der Waals surface area contributed by atoms with Crippen LogP contribution in [0.15, 0.2) is 18.2 Å². The van der Waals surface area contributed by atoms with Crippen LogP contribution in [-0.4, -0.2) is 59.2 Å². The van der Waals surface area contributed by atoms with Gasteiger partial charge in [-0.2, -0.15) is 0 Å². The van der Waals surface area contributed by atoms with Crippen LogP contribution in [0.5, 0.6) is 11.5 Å². The van der Waals surface area contributed by atoms with Gasteiger partial charge in [0.05, 0.1) is 6.54 Å². The van der Waals surface area contributed by atoms with Crippen LogP contribution >= 0.6 is 0 Å². The second-order valence-corrected chi connectivity index (χ2v) is 7.46. The molecule has 28 heavy (non-hydrogen) atoms. The Bertz CT molecular complexity index is 851. The fraction of sp³-hybridized carbons (Fsp3) is 0.500. The van der Waals surface area contributed by atoms with Gasteiger partial charge in [-0.15, -0.1) is 0 Å². The summed E-state index contributed by atoms with van der Waals surface area (Å²) in [7, 11) is 0. The van der Waals surface area contributed by atoms with E-state index < -0.39 is 30.2 Å². The Kier molecular flexibility index (Phi) is 4.78. The molecule has 1 saturated carbocycles. The van der Waals surface area contributed by atoms with Crippen molar-refractivity contribution in [3.8, 4) is 11.5 Å². The number of imide groups is 2. The Labute approximate surface area is 162 Å². The predicted octanol–water partition coefficient (Wildman–Crippen LogP) is 2.01. The van der Waals surface area contributed by atoms with Crippen LogP contribution < -0.4 is 9.47 Å². The van der Waals surface area contributed by atoms with E-state index in [4.69, 9.17) is 9.47 Å². The Hall–Kier alpha value is -2.90. The number of hydrogen-bond donors (Lipinski definition) is 0. The third-order valence-corrected chi connectivity index (χ3v) is 5.65. The fourth-order valence-electron chi connectivity index (χ4n) is 4.09. The maximum Gasteiger partial charge on any atom is 0.334 e. The highest BCUT2D eigenvalue weighted by molar-refractivity contribution is 6.45. The number of benzene rings is 1. The number of ketones is 1. The second kappa shape index (κ2) is 7.26. The number of Topliss-reactive ketones (excluding diaryl/α,β-unsaturated/α-hetero) is 1. The zero-order valence-corrected chi connectivity index (χ0v) is 15.7. The van der Waals surface area contributed by atoms with Gasteiger partial charge in [-0.25, -0.2) is 9.69 Å². The van der Waals surface area contributed by atoms with Gasteiger partial charge in [0.2, 0.25) is 0 Å². The monoisotopic (exact) mass is 386 g/mol. The van der Waals surface area contributed by atoms with E-state index in [0.717, 1.165) is 29.1 Å². The number of amides is 4. The molecular formula is C20H22N2O6. The van der Waals surface area contributed by atoms with Gasteiger partial charge in [0.15, 0.2) is 17.3 Å². The van der Waals surface area contributed by atoms with Crippen LogP contribution in [0.1, 0.15) is 43.0 Å². The summed E-state index contributed by atoms with van der Waals surface area (Å²) < 4.78 is 10.9. The molecule has 3 aliphatic rings. The topological polar surface area (TPSA) is 93.2 Å². The molecule has 0 radical (unpaired) electrons. The molecule has 0 bridgehead atoms. The van der Waals surface area contributed by atoms with Crippen molar-refractivity contribution in [1.82, 2.24) is 9.80 Å². The number of ether oxygens (including phenoxy) is 2. The molecule has 1 aliphatic carbocycles. The standard InChI is InChI=1S/C20H22N2O6/c1-12-4-2-3-5-14(12)22-19(25)18(24)21(20(22)26)11-15(23)13-6-7-16-17(10-13)28-9-8-27-16/h6-7,10,12,14H,2-5,8-9,11H2,1H3/t12-,14-/m0/s1. The summed E-state index contributed by atoms with van der Waals surface area (Å²) in [4.78, 5) is 52.1. The minimum Gasteiger partial charge on any atom is -0.486 e. The average molecular weight is 386 g/mol. The molecule has 0 unspecified atom stereocenters. The Balaban J connectivity index is 1.51. The number of urea groups is 1. The molecule has 1 aromatic carbocycles. The first-order chi connectivity index (χ1) is 13.5. The van der Waals surface area contributed by atoms with Crippen molar-refractivity contribution in [3.05, 3.63) is 23.8 Å². The molecule has 4 rings (SSSR count). The number of rotatable bonds is 4. The van der Waals surface area contributed by atoms with Crippen LogP contribution in [0.25, 0.3) is 0 Å². The first kappa shape index (κ1) is 18.5. The second-order valence-electron chi connectivity index (χ2n) is 7.46.